The number of allylic oxidation sites excluding steroid dienone is 1. The van der Waals surface area contributed by atoms with Crippen molar-refractivity contribution < 1.29 is 0 Å². The Bertz CT molecular complexity index is 3040. The van der Waals surface area contributed by atoms with Crippen LogP contribution in [0.2, 0.25) is 0 Å². The molecule has 53 heavy (non-hydrogen) atoms. The standard InChI is InChI=1S/C50H34N2S/c1-3-14-39-33(11-1)13-9-18-40(39)35-23-26-36(27-24-35)51(47-21-10-19-45-43-17-6-8-22-48(43)53-50(45)47)37-28-30-38(31-29-37)52-46-20-7-5-16-42(46)44-32-25-34-12-2-4-15-41(34)49(44)52/h1-17,19-32,40H,18H2. The molecule has 0 fully saturated rings. The molecule has 8 aromatic carbocycles. The number of rotatable bonds is 5. The summed E-state index contributed by atoms with van der Waals surface area (Å²) in [5, 5.41) is 7.66. The first-order valence-electron chi connectivity index (χ1n) is 18.4. The van der Waals surface area contributed by atoms with E-state index in [0.717, 1.165) is 23.5 Å². The summed E-state index contributed by atoms with van der Waals surface area (Å²) in [4.78, 5) is 2.45. The third-order valence-electron chi connectivity index (χ3n) is 11.1. The van der Waals surface area contributed by atoms with Gasteiger partial charge in [-0.1, -0.05) is 133 Å². The van der Waals surface area contributed by atoms with Crippen LogP contribution in [0.15, 0.2) is 182 Å². The van der Waals surface area contributed by atoms with E-state index in [0.29, 0.717) is 5.92 Å². The zero-order valence-electron chi connectivity index (χ0n) is 29.0. The summed E-state index contributed by atoms with van der Waals surface area (Å²) < 4.78 is 5.05. The first-order chi connectivity index (χ1) is 26.3. The van der Waals surface area contributed by atoms with Gasteiger partial charge in [0, 0.05) is 54.6 Å². The number of para-hydroxylation sites is 1. The van der Waals surface area contributed by atoms with Gasteiger partial charge in [0.1, 0.15) is 0 Å². The van der Waals surface area contributed by atoms with Gasteiger partial charge in [-0.15, -0.1) is 11.3 Å². The van der Waals surface area contributed by atoms with Crippen molar-refractivity contribution in [2.45, 2.75) is 12.3 Å². The van der Waals surface area contributed by atoms with Crippen molar-refractivity contribution in [3.8, 4) is 5.69 Å². The summed E-state index contributed by atoms with van der Waals surface area (Å²) in [5.74, 6) is 0.353. The van der Waals surface area contributed by atoms with Crippen LogP contribution in [0.5, 0.6) is 0 Å². The monoisotopic (exact) mass is 694 g/mol. The number of anilines is 3. The predicted octanol–water partition coefficient (Wildman–Crippen LogP) is 14.3. The SMILES string of the molecule is C1=Cc2ccccc2C(c2ccc(N(c3ccc(-n4c5ccccc5c5ccc6ccccc6c54)cc3)c3cccc4c3sc3ccccc34)cc2)C1. The highest BCUT2D eigenvalue weighted by Gasteiger charge is 2.22. The van der Waals surface area contributed by atoms with E-state index in [1.54, 1.807) is 0 Å². The molecule has 2 nitrogen and oxygen atoms in total. The minimum absolute atomic E-state index is 0.353. The number of hydrogen-bond donors (Lipinski definition) is 0. The first kappa shape index (κ1) is 30.2. The van der Waals surface area contributed by atoms with Crippen LogP contribution < -0.4 is 4.90 Å². The molecule has 0 spiro atoms. The Labute approximate surface area is 312 Å². The van der Waals surface area contributed by atoms with E-state index in [2.05, 4.69) is 198 Å². The van der Waals surface area contributed by atoms with Crippen molar-refractivity contribution in [3.63, 3.8) is 0 Å². The highest BCUT2D eigenvalue weighted by molar-refractivity contribution is 7.26. The lowest BCUT2D eigenvalue weighted by Gasteiger charge is -2.27. The Morgan fingerprint density at radius 1 is 0.528 bits per heavy atom. The van der Waals surface area contributed by atoms with Crippen molar-refractivity contribution in [3.05, 3.63) is 199 Å². The van der Waals surface area contributed by atoms with Crippen LogP contribution in [0.3, 0.4) is 0 Å². The van der Waals surface area contributed by atoms with Gasteiger partial charge in [-0.25, -0.2) is 0 Å². The molecule has 3 heteroatoms. The number of benzene rings is 8. The van der Waals surface area contributed by atoms with Crippen molar-refractivity contribution in [1.29, 1.82) is 0 Å². The normalized spacial score (nSPS) is 14.1. The fourth-order valence-electron chi connectivity index (χ4n) is 8.69. The third kappa shape index (κ3) is 4.78. The number of nitrogens with zero attached hydrogens (tertiary/aromatic N) is 2. The van der Waals surface area contributed by atoms with Crippen LogP contribution in [0.4, 0.5) is 17.1 Å². The third-order valence-corrected chi connectivity index (χ3v) is 12.4. The molecule has 0 amide bonds. The molecule has 10 aromatic rings. The molecule has 0 bridgehead atoms. The number of fused-ring (bicyclic) bond motifs is 9. The van der Waals surface area contributed by atoms with Gasteiger partial charge >= 0.3 is 0 Å². The molecule has 0 saturated heterocycles. The lowest BCUT2D eigenvalue weighted by molar-refractivity contribution is 0.819. The van der Waals surface area contributed by atoms with Gasteiger partial charge in [0.15, 0.2) is 0 Å². The van der Waals surface area contributed by atoms with E-state index in [1.807, 2.05) is 11.3 Å². The largest absolute Gasteiger partial charge is 0.309 e. The van der Waals surface area contributed by atoms with Crippen LogP contribution >= 0.6 is 11.3 Å². The predicted molar refractivity (Wildman–Crippen MR) is 228 cm³/mol. The minimum atomic E-state index is 0.353. The maximum atomic E-state index is 2.45. The average molecular weight is 695 g/mol. The molecule has 0 N–H and O–H groups in total. The summed E-state index contributed by atoms with van der Waals surface area (Å²) in [7, 11) is 0. The molecule has 0 radical (unpaired) electrons. The fourth-order valence-corrected chi connectivity index (χ4v) is 9.90. The molecule has 250 valence electrons. The summed E-state index contributed by atoms with van der Waals surface area (Å²) in [5.41, 5.74) is 11.2. The smallest absolute Gasteiger partial charge is 0.0640 e. The van der Waals surface area contributed by atoms with Crippen LogP contribution in [0, 0.1) is 0 Å². The second-order valence-electron chi connectivity index (χ2n) is 14.1. The van der Waals surface area contributed by atoms with Crippen LogP contribution in [0.1, 0.15) is 29.0 Å². The van der Waals surface area contributed by atoms with E-state index in [9.17, 15) is 0 Å². The maximum Gasteiger partial charge on any atom is 0.0640 e. The van der Waals surface area contributed by atoms with E-state index >= 15 is 0 Å². The van der Waals surface area contributed by atoms with Gasteiger partial charge in [0.05, 0.1) is 21.4 Å². The van der Waals surface area contributed by atoms with Gasteiger partial charge in [0.25, 0.3) is 0 Å². The molecule has 1 atom stereocenters. The Morgan fingerprint density at radius 2 is 1.23 bits per heavy atom. The molecule has 2 heterocycles. The summed E-state index contributed by atoms with van der Waals surface area (Å²) in [6, 6.07) is 64.9. The molecule has 0 saturated carbocycles. The summed E-state index contributed by atoms with van der Waals surface area (Å²) in [6.07, 6.45) is 5.59. The lowest BCUT2D eigenvalue weighted by Crippen LogP contribution is -2.11. The topological polar surface area (TPSA) is 8.17 Å². The molecule has 0 aliphatic heterocycles. The van der Waals surface area contributed by atoms with Crippen molar-refractivity contribution in [2.24, 2.45) is 0 Å². The Morgan fingerprint density at radius 3 is 2.09 bits per heavy atom. The molecule has 1 aliphatic carbocycles. The zero-order chi connectivity index (χ0) is 34.9. The zero-order valence-corrected chi connectivity index (χ0v) is 29.8. The highest BCUT2D eigenvalue weighted by Crippen LogP contribution is 2.46. The molecular weight excluding hydrogens is 661 g/mol. The first-order valence-corrected chi connectivity index (χ1v) is 19.2. The van der Waals surface area contributed by atoms with E-state index in [-0.39, 0.29) is 0 Å². The van der Waals surface area contributed by atoms with Crippen molar-refractivity contribution >= 4 is 87.2 Å². The quantitative estimate of drug-likeness (QED) is 0.174. The number of thiophene rings is 1. The maximum absolute atomic E-state index is 2.45. The van der Waals surface area contributed by atoms with E-state index in [4.69, 9.17) is 0 Å². The Balaban J connectivity index is 1.08. The van der Waals surface area contributed by atoms with Crippen LogP contribution in [-0.4, -0.2) is 4.57 Å². The van der Waals surface area contributed by atoms with Crippen molar-refractivity contribution in [1.82, 2.24) is 4.57 Å². The molecule has 1 unspecified atom stereocenters. The second kappa shape index (κ2) is 12.1. The minimum Gasteiger partial charge on any atom is -0.309 e. The number of aromatic nitrogens is 1. The average Bonchev–Trinajstić information content (AvgIpc) is 3.78. The molecule has 1 aliphatic rings. The van der Waals surface area contributed by atoms with E-state index < -0.39 is 0 Å². The van der Waals surface area contributed by atoms with Gasteiger partial charge in [-0.2, -0.15) is 0 Å². The lowest BCUT2D eigenvalue weighted by atomic mass is 9.82. The Kier molecular flexibility index (Phi) is 6.89. The van der Waals surface area contributed by atoms with Crippen LogP contribution in [0.25, 0.3) is 64.5 Å². The van der Waals surface area contributed by atoms with E-state index in [1.165, 1.54) is 75.1 Å². The van der Waals surface area contributed by atoms with Gasteiger partial charge < -0.3 is 9.47 Å². The van der Waals surface area contributed by atoms with Crippen LogP contribution in [-0.2, 0) is 0 Å². The fraction of sp³-hybridized carbons (Fsp3) is 0.0400. The molecule has 11 rings (SSSR count). The van der Waals surface area contributed by atoms with Gasteiger partial charge in [0.2, 0.25) is 0 Å². The summed E-state index contributed by atoms with van der Waals surface area (Å²) >= 11 is 1.88. The van der Waals surface area contributed by atoms with Gasteiger partial charge in [-0.3, -0.25) is 0 Å². The van der Waals surface area contributed by atoms with Gasteiger partial charge in [-0.05, 0) is 83.1 Å². The Hall–Kier alpha value is -6.42. The molecule has 2 aromatic heterocycles. The summed E-state index contributed by atoms with van der Waals surface area (Å²) in [6.45, 7) is 0. The number of hydrogen-bond acceptors (Lipinski definition) is 2. The van der Waals surface area contributed by atoms with Crippen molar-refractivity contribution in [2.75, 3.05) is 4.90 Å². The molecular formula is C50H34N2S. The second-order valence-corrected chi connectivity index (χ2v) is 15.1. The highest BCUT2D eigenvalue weighted by atomic mass is 32.1.